The van der Waals surface area contributed by atoms with E-state index in [0.717, 1.165) is 18.7 Å². The maximum absolute atomic E-state index is 14.8. The summed E-state index contributed by atoms with van der Waals surface area (Å²) in [6, 6.07) is 3.42. The first-order valence-electron chi connectivity index (χ1n) is 12.5. The fraction of sp³-hybridized carbons (Fsp3) is 0.444. The number of nitrogens with one attached hydrogen (secondary N) is 2. The number of imidazole rings is 1. The molecule has 11 heteroatoms. The zero-order chi connectivity index (χ0) is 27.6. The van der Waals surface area contributed by atoms with E-state index in [9.17, 15) is 14.0 Å². The van der Waals surface area contributed by atoms with Crippen molar-refractivity contribution in [3.63, 3.8) is 0 Å². The van der Waals surface area contributed by atoms with Gasteiger partial charge in [-0.15, -0.1) is 0 Å². The number of amides is 2. The Bertz CT molecular complexity index is 1330. The van der Waals surface area contributed by atoms with Crippen LogP contribution in [-0.2, 0) is 24.4 Å². The highest BCUT2D eigenvalue weighted by molar-refractivity contribution is 6.30. The number of fused-ring (bicyclic) bond motifs is 1. The lowest BCUT2D eigenvalue weighted by molar-refractivity contribution is -0.125. The lowest BCUT2D eigenvalue weighted by Crippen LogP contribution is -2.53. The molecule has 4 rings (SSSR count). The smallest absolute Gasteiger partial charge is 0.272 e. The molecule has 0 fully saturated rings. The van der Waals surface area contributed by atoms with Gasteiger partial charge in [0.2, 0.25) is 5.91 Å². The monoisotopic (exact) mass is 541 g/mol. The van der Waals surface area contributed by atoms with Crippen LogP contribution in [0.4, 0.5) is 4.39 Å². The van der Waals surface area contributed by atoms with Crippen molar-refractivity contribution in [1.82, 2.24) is 35.1 Å². The zero-order valence-corrected chi connectivity index (χ0v) is 23.1. The molecule has 1 atom stereocenters. The summed E-state index contributed by atoms with van der Waals surface area (Å²) in [5, 5.41) is 6.12. The molecule has 3 heterocycles. The molecular formula is C27H33ClFN7O2. The quantitative estimate of drug-likeness (QED) is 0.492. The largest absolute Gasteiger partial charge is 0.349 e. The third kappa shape index (κ3) is 6.19. The van der Waals surface area contributed by atoms with Gasteiger partial charge in [-0.2, -0.15) is 0 Å². The number of benzene rings is 1. The molecule has 1 aromatic carbocycles. The van der Waals surface area contributed by atoms with E-state index in [4.69, 9.17) is 11.6 Å². The molecule has 3 aromatic rings. The highest BCUT2D eigenvalue weighted by Gasteiger charge is 2.35. The van der Waals surface area contributed by atoms with Crippen molar-refractivity contribution in [3.05, 3.63) is 64.2 Å². The van der Waals surface area contributed by atoms with Crippen molar-refractivity contribution >= 4 is 23.4 Å². The van der Waals surface area contributed by atoms with Gasteiger partial charge in [-0.25, -0.2) is 9.37 Å². The van der Waals surface area contributed by atoms with Gasteiger partial charge >= 0.3 is 0 Å². The van der Waals surface area contributed by atoms with Gasteiger partial charge in [0, 0.05) is 24.3 Å². The normalized spacial score (nSPS) is 14.9. The van der Waals surface area contributed by atoms with Crippen LogP contribution >= 0.6 is 11.6 Å². The minimum absolute atomic E-state index is 0.166. The lowest BCUT2D eigenvalue weighted by atomic mass is 9.86. The molecule has 2 aromatic heterocycles. The molecule has 0 unspecified atom stereocenters. The van der Waals surface area contributed by atoms with E-state index in [1.54, 1.807) is 12.4 Å². The van der Waals surface area contributed by atoms with Crippen LogP contribution in [0.3, 0.4) is 0 Å². The maximum atomic E-state index is 14.8. The molecule has 1 aliphatic heterocycles. The van der Waals surface area contributed by atoms with E-state index >= 15 is 0 Å². The highest BCUT2D eigenvalue weighted by Crippen LogP contribution is 2.30. The van der Waals surface area contributed by atoms with Gasteiger partial charge in [-0.3, -0.25) is 19.6 Å². The second-order valence-corrected chi connectivity index (χ2v) is 11.2. The van der Waals surface area contributed by atoms with Crippen molar-refractivity contribution in [3.8, 4) is 11.4 Å². The Morgan fingerprint density at radius 3 is 2.63 bits per heavy atom. The predicted molar refractivity (Wildman–Crippen MR) is 143 cm³/mol. The van der Waals surface area contributed by atoms with Crippen LogP contribution in [0, 0.1) is 18.2 Å². The third-order valence-corrected chi connectivity index (χ3v) is 6.72. The summed E-state index contributed by atoms with van der Waals surface area (Å²) in [5.74, 6) is -0.979. The van der Waals surface area contributed by atoms with E-state index < -0.39 is 23.2 Å². The van der Waals surface area contributed by atoms with Crippen LogP contribution in [0.2, 0.25) is 5.02 Å². The molecule has 0 radical (unpaired) electrons. The van der Waals surface area contributed by atoms with Gasteiger partial charge < -0.3 is 20.1 Å². The first-order chi connectivity index (χ1) is 17.9. The third-order valence-electron chi connectivity index (χ3n) is 6.48. The molecule has 9 nitrogen and oxygen atoms in total. The topological polar surface area (TPSA) is 105 Å². The summed E-state index contributed by atoms with van der Waals surface area (Å²) in [5.41, 5.74) is 1.85. The fourth-order valence-electron chi connectivity index (χ4n) is 4.44. The summed E-state index contributed by atoms with van der Waals surface area (Å²) in [4.78, 5) is 42.1. The Labute approximate surface area is 226 Å². The molecule has 1 aliphatic rings. The van der Waals surface area contributed by atoms with Gasteiger partial charge in [0.1, 0.15) is 17.7 Å². The molecule has 0 aliphatic carbocycles. The van der Waals surface area contributed by atoms with Crippen LogP contribution < -0.4 is 10.6 Å². The van der Waals surface area contributed by atoms with Crippen molar-refractivity contribution < 1.29 is 14.0 Å². The molecule has 2 amide bonds. The number of rotatable bonds is 6. The van der Waals surface area contributed by atoms with Gasteiger partial charge in [-0.1, -0.05) is 32.4 Å². The van der Waals surface area contributed by atoms with Crippen LogP contribution in [0.15, 0.2) is 30.6 Å². The molecule has 0 saturated heterocycles. The second kappa shape index (κ2) is 11.2. The van der Waals surface area contributed by atoms with Crippen molar-refractivity contribution in [1.29, 1.82) is 0 Å². The molecule has 0 spiro atoms. The van der Waals surface area contributed by atoms with Crippen LogP contribution in [-0.4, -0.2) is 55.9 Å². The van der Waals surface area contributed by atoms with Crippen molar-refractivity contribution in [2.45, 2.75) is 59.8 Å². The number of aromatic nitrogens is 4. The average Bonchev–Trinajstić information content (AvgIpc) is 3.08. The summed E-state index contributed by atoms with van der Waals surface area (Å²) in [7, 11) is 1.96. The second-order valence-electron chi connectivity index (χ2n) is 10.7. The van der Waals surface area contributed by atoms with Crippen LogP contribution in [0.5, 0.6) is 0 Å². The SMILES string of the molecule is Cc1cnc(CNC(=O)[C@@H](NC(=O)c2nc(-c3cc(Cl)ccc3F)n3c2CN(C)CCC3)C(C)(C)C)cn1. The minimum atomic E-state index is -0.861. The van der Waals surface area contributed by atoms with Gasteiger partial charge in [0.15, 0.2) is 5.69 Å². The number of hydrogen-bond donors (Lipinski definition) is 2. The van der Waals surface area contributed by atoms with E-state index in [1.807, 2.05) is 39.3 Å². The standard InChI is InChI=1S/C27H33ClFN7O2/c1-16-12-31-18(13-30-16)14-32-26(38)23(27(2,3)4)34-25(37)22-21-15-35(5)9-6-10-36(21)24(33-22)19-11-17(28)7-8-20(19)29/h7-8,11-13,23H,6,9-10,14-15H2,1-5H3,(H,32,38)(H,34,37)/t23-/m1/s1. The first-order valence-corrected chi connectivity index (χ1v) is 12.9. The first kappa shape index (κ1) is 27.7. The highest BCUT2D eigenvalue weighted by atomic mass is 35.5. The molecule has 0 saturated carbocycles. The predicted octanol–water partition coefficient (Wildman–Crippen LogP) is 3.74. The van der Waals surface area contributed by atoms with Gasteiger partial charge in [-0.05, 0) is 50.6 Å². The Morgan fingerprint density at radius 1 is 1.18 bits per heavy atom. The van der Waals surface area contributed by atoms with Crippen LogP contribution in [0.1, 0.15) is 54.8 Å². The number of nitrogens with zero attached hydrogens (tertiary/aromatic N) is 5. The molecule has 2 N–H and O–H groups in total. The molecule has 202 valence electrons. The minimum Gasteiger partial charge on any atom is -0.349 e. The molecule has 0 bridgehead atoms. The van der Waals surface area contributed by atoms with E-state index in [0.29, 0.717) is 35.3 Å². The summed E-state index contributed by atoms with van der Waals surface area (Å²) in [6.45, 7) is 9.47. The van der Waals surface area contributed by atoms with Gasteiger partial charge in [0.05, 0.1) is 35.4 Å². The van der Waals surface area contributed by atoms with Crippen molar-refractivity contribution in [2.24, 2.45) is 5.41 Å². The Kier molecular flexibility index (Phi) is 8.13. The number of hydrogen-bond acceptors (Lipinski definition) is 6. The lowest BCUT2D eigenvalue weighted by Gasteiger charge is -2.30. The van der Waals surface area contributed by atoms with Crippen LogP contribution in [0.25, 0.3) is 11.4 Å². The number of aryl methyl sites for hydroxylation is 1. The molecule has 38 heavy (non-hydrogen) atoms. The number of carbonyl (C=O) groups excluding carboxylic acids is 2. The zero-order valence-electron chi connectivity index (χ0n) is 22.3. The van der Waals surface area contributed by atoms with Crippen molar-refractivity contribution in [2.75, 3.05) is 13.6 Å². The number of halogens is 2. The maximum Gasteiger partial charge on any atom is 0.272 e. The summed E-state index contributed by atoms with van der Waals surface area (Å²) >= 11 is 6.17. The van der Waals surface area contributed by atoms with E-state index in [1.165, 1.54) is 18.2 Å². The van der Waals surface area contributed by atoms with Gasteiger partial charge in [0.25, 0.3) is 5.91 Å². The summed E-state index contributed by atoms with van der Waals surface area (Å²) < 4.78 is 16.7. The molecular weight excluding hydrogens is 509 g/mol. The Morgan fingerprint density at radius 2 is 1.95 bits per heavy atom. The van der Waals surface area contributed by atoms with E-state index in [-0.39, 0.29) is 23.7 Å². The van der Waals surface area contributed by atoms with E-state index in [2.05, 4.69) is 30.5 Å². The fourth-order valence-corrected chi connectivity index (χ4v) is 4.61. The Hall–Kier alpha value is -3.37. The number of carbonyl (C=O) groups is 2. The average molecular weight is 542 g/mol. The Balaban J connectivity index is 1.64. The summed E-state index contributed by atoms with van der Waals surface area (Å²) in [6.07, 6.45) is 4.05.